The van der Waals surface area contributed by atoms with Gasteiger partial charge >= 0.3 is 0 Å². The second-order valence-electron chi connectivity index (χ2n) is 5.05. The van der Waals surface area contributed by atoms with E-state index in [0.717, 1.165) is 42.6 Å². The molecule has 0 aliphatic carbocycles. The van der Waals surface area contributed by atoms with Crippen LogP contribution in [0.1, 0.15) is 6.92 Å². The number of fused-ring (bicyclic) bond motifs is 1. The van der Waals surface area contributed by atoms with Crippen molar-refractivity contribution in [3.05, 3.63) is 24.3 Å². The van der Waals surface area contributed by atoms with Crippen LogP contribution in [-0.4, -0.2) is 59.2 Å². The number of amides is 1. The number of hydrogen-bond acceptors (Lipinski definition) is 5. The van der Waals surface area contributed by atoms with Crippen LogP contribution in [0, 0.1) is 0 Å². The number of likely N-dealkylation sites (N-methyl/N-ethyl adjacent to an activating group) is 1. The van der Waals surface area contributed by atoms with E-state index in [1.807, 2.05) is 23.1 Å². The first-order chi connectivity index (χ1) is 10.3. The van der Waals surface area contributed by atoms with Crippen LogP contribution in [-0.2, 0) is 4.79 Å². The number of piperazine rings is 1. The van der Waals surface area contributed by atoms with E-state index in [0.29, 0.717) is 5.75 Å². The highest BCUT2D eigenvalue weighted by Gasteiger charge is 2.20. The Morgan fingerprint density at radius 1 is 1.29 bits per heavy atom. The van der Waals surface area contributed by atoms with Gasteiger partial charge in [-0.3, -0.25) is 4.79 Å². The molecular weight excluding hydrogens is 302 g/mol. The van der Waals surface area contributed by atoms with E-state index >= 15 is 0 Å². The third-order valence-electron chi connectivity index (χ3n) is 3.77. The summed E-state index contributed by atoms with van der Waals surface area (Å²) in [6, 6.07) is 8.10. The standard InChI is InChI=1S/C15H19N3OS2/c1-2-17-7-9-18(10-8-17)14(19)11-20-15-16-12-5-3-4-6-13(12)21-15/h3-6H,2,7-11H2,1H3. The molecule has 21 heavy (non-hydrogen) atoms. The quantitative estimate of drug-likeness (QED) is 0.811. The fourth-order valence-electron chi connectivity index (χ4n) is 2.44. The Morgan fingerprint density at radius 3 is 2.76 bits per heavy atom. The van der Waals surface area contributed by atoms with Crippen molar-refractivity contribution >= 4 is 39.2 Å². The molecule has 0 spiro atoms. The second-order valence-corrected chi connectivity index (χ2v) is 7.30. The number of thiazole rings is 1. The number of carbonyl (C=O) groups is 1. The molecule has 1 fully saturated rings. The lowest BCUT2D eigenvalue weighted by atomic mass is 10.3. The number of rotatable bonds is 4. The van der Waals surface area contributed by atoms with Crippen LogP contribution in [0.15, 0.2) is 28.6 Å². The fourth-order valence-corrected chi connectivity index (χ4v) is 4.41. The molecule has 0 unspecified atom stereocenters. The van der Waals surface area contributed by atoms with E-state index in [1.54, 1.807) is 23.1 Å². The molecule has 1 aromatic carbocycles. The minimum atomic E-state index is 0.231. The van der Waals surface area contributed by atoms with Gasteiger partial charge in [-0.1, -0.05) is 30.8 Å². The van der Waals surface area contributed by atoms with E-state index in [1.165, 1.54) is 4.70 Å². The smallest absolute Gasteiger partial charge is 0.233 e. The third-order valence-corrected chi connectivity index (χ3v) is 5.93. The minimum absolute atomic E-state index is 0.231. The highest BCUT2D eigenvalue weighted by atomic mass is 32.2. The van der Waals surface area contributed by atoms with Crippen LogP contribution in [0.25, 0.3) is 10.2 Å². The van der Waals surface area contributed by atoms with Crippen molar-refractivity contribution in [2.24, 2.45) is 0 Å². The molecule has 1 aliphatic rings. The van der Waals surface area contributed by atoms with Gasteiger partial charge in [-0.15, -0.1) is 11.3 Å². The van der Waals surface area contributed by atoms with E-state index in [9.17, 15) is 4.79 Å². The van der Waals surface area contributed by atoms with E-state index in [-0.39, 0.29) is 5.91 Å². The van der Waals surface area contributed by atoms with Crippen LogP contribution in [0.3, 0.4) is 0 Å². The molecule has 2 heterocycles. The van der Waals surface area contributed by atoms with Crippen LogP contribution >= 0.6 is 23.1 Å². The molecule has 3 rings (SSSR count). The van der Waals surface area contributed by atoms with E-state index in [2.05, 4.69) is 22.9 Å². The van der Waals surface area contributed by atoms with Gasteiger partial charge < -0.3 is 9.80 Å². The van der Waals surface area contributed by atoms with Crippen molar-refractivity contribution in [1.82, 2.24) is 14.8 Å². The number of para-hydroxylation sites is 1. The monoisotopic (exact) mass is 321 g/mol. The Kier molecular flexibility index (Phi) is 4.77. The highest BCUT2D eigenvalue weighted by Crippen LogP contribution is 2.29. The number of benzene rings is 1. The molecule has 112 valence electrons. The van der Waals surface area contributed by atoms with Crippen LogP contribution < -0.4 is 0 Å². The maximum Gasteiger partial charge on any atom is 0.233 e. The summed E-state index contributed by atoms with van der Waals surface area (Å²) < 4.78 is 2.17. The first-order valence-corrected chi connectivity index (χ1v) is 9.05. The lowest BCUT2D eigenvalue weighted by Gasteiger charge is -2.33. The van der Waals surface area contributed by atoms with Crippen LogP contribution in [0.5, 0.6) is 0 Å². The molecule has 1 saturated heterocycles. The summed E-state index contributed by atoms with van der Waals surface area (Å²) in [5, 5.41) is 0. The molecule has 1 amide bonds. The van der Waals surface area contributed by atoms with Crippen LogP contribution in [0.2, 0.25) is 0 Å². The van der Waals surface area contributed by atoms with Gasteiger partial charge in [0.15, 0.2) is 4.34 Å². The predicted molar refractivity (Wildman–Crippen MR) is 89.0 cm³/mol. The zero-order chi connectivity index (χ0) is 14.7. The Morgan fingerprint density at radius 2 is 2.05 bits per heavy atom. The van der Waals surface area contributed by atoms with Crippen molar-refractivity contribution < 1.29 is 4.79 Å². The Labute approximate surface area is 133 Å². The largest absolute Gasteiger partial charge is 0.339 e. The topological polar surface area (TPSA) is 36.4 Å². The van der Waals surface area contributed by atoms with Crippen molar-refractivity contribution in [1.29, 1.82) is 0 Å². The Bertz CT molecular complexity index is 587. The maximum atomic E-state index is 12.2. The number of aromatic nitrogens is 1. The predicted octanol–water partition coefficient (Wildman–Crippen LogP) is 2.55. The third kappa shape index (κ3) is 3.56. The van der Waals surface area contributed by atoms with Gasteiger partial charge in [-0.25, -0.2) is 4.98 Å². The van der Waals surface area contributed by atoms with Gasteiger partial charge in [-0.05, 0) is 18.7 Å². The zero-order valence-electron chi connectivity index (χ0n) is 12.1. The van der Waals surface area contributed by atoms with Gasteiger partial charge in [0.25, 0.3) is 0 Å². The SMILES string of the molecule is CCN1CCN(C(=O)CSc2nc3ccccc3s2)CC1. The molecule has 0 saturated carbocycles. The molecule has 0 N–H and O–H groups in total. The zero-order valence-corrected chi connectivity index (χ0v) is 13.8. The molecule has 2 aromatic rings. The molecular formula is C15H19N3OS2. The highest BCUT2D eigenvalue weighted by molar-refractivity contribution is 8.01. The van der Waals surface area contributed by atoms with E-state index in [4.69, 9.17) is 0 Å². The summed E-state index contributed by atoms with van der Waals surface area (Å²) in [4.78, 5) is 21.2. The fraction of sp³-hybridized carbons (Fsp3) is 0.467. The lowest BCUT2D eigenvalue weighted by Crippen LogP contribution is -2.49. The first kappa shape index (κ1) is 14.8. The molecule has 0 atom stereocenters. The van der Waals surface area contributed by atoms with E-state index < -0.39 is 0 Å². The molecule has 1 aromatic heterocycles. The maximum absolute atomic E-state index is 12.2. The van der Waals surface area contributed by atoms with Crippen molar-refractivity contribution in [3.8, 4) is 0 Å². The molecule has 6 heteroatoms. The molecule has 0 bridgehead atoms. The van der Waals surface area contributed by atoms with Gasteiger partial charge in [-0.2, -0.15) is 0 Å². The number of nitrogens with zero attached hydrogens (tertiary/aromatic N) is 3. The van der Waals surface area contributed by atoms with Crippen molar-refractivity contribution in [2.75, 3.05) is 38.5 Å². The first-order valence-electron chi connectivity index (χ1n) is 7.25. The van der Waals surface area contributed by atoms with Gasteiger partial charge in [0, 0.05) is 26.2 Å². The Hall–Kier alpha value is -1.11. The van der Waals surface area contributed by atoms with Gasteiger partial charge in [0.2, 0.25) is 5.91 Å². The van der Waals surface area contributed by atoms with Gasteiger partial charge in [0.1, 0.15) is 0 Å². The van der Waals surface area contributed by atoms with Crippen molar-refractivity contribution in [3.63, 3.8) is 0 Å². The molecule has 4 nitrogen and oxygen atoms in total. The second kappa shape index (κ2) is 6.77. The molecule has 1 aliphatic heterocycles. The van der Waals surface area contributed by atoms with Crippen molar-refractivity contribution in [2.45, 2.75) is 11.3 Å². The number of hydrogen-bond donors (Lipinski definition) is 0. The normalized spacial score (nSPS) is 16.5. The summed E-state index contributed by atoms with van der Waals surface area (Å²) in [6.45, 7) is 6.94. The minimum Gasteiger partial charge on any atom is -0.339 e. The Balaban J connectivity index is 1.54. The summed E-state index contributed by atoms with van der Waals surface area (Å²) in [6.07, 6.45) is 0. The molecule has 0 radical (unpaired) electrons. The average Bonchev–Trinajstić information content (AvgIpc) is 2.95. The lowest BCUT2D eigenvalue weighted by molar-refractivity contribution is -0.130. The van der Waals surface area contributed by atoms with Crippen LogP contribution in [0.4, 0.5) is 0 Å². The summed E-state index contributed by atoms with van der Waals surface area (Å²) in [5.41, 5.74) is 1.02. The summed E-state index contributed by atoms with van der Waals surface area (Å²) in [7, 11) is 0. The average molecular weight is 321 g/mol. The summed E-state index contributed by atoms with van der Waals surface area (Å²) >= 11 is 3.22. The van der Waals surface area contributed by atoms with Gasteiger partial charge in [0.05, 0.1) is 16.0 Å². The summed E-state index contributed by atoms with van der Waals surface area (Å²) in [5.74, 6) is 0.724. The number of thioether (sulfide) groups is 1. The number of carbonyl (C=O) groups excluding carboxylic acids is 1.